The molecule has 0 radical (unpaired) electrons. The maximum absolute atomic E-state index is 12.0. The summed E-state index contributed by atoms with van der Waals surface area (Å²) < 4.78 is 5.20. The fourth-order valence-corrected chi connectivity index (χ4v) is 1.74. The predicted molar refractivity (Wildman–Crippen MR) is 83.4 cm³/mol. The van der Waals surface area contributed by atoms with Crippen molar-refractivity contribution in [2.75, 3.05) is 17.7 Å². The number of methoxy groups -OCH3 is 1. The van der Waals surface area contributed by atoms with Crippen LogP contribution in [0, 0.1) is 0 Å². The zero-order valence-electron chi connectivity index (χ0n) is 12.9. The molecule has 1 rings (SSSR count). The lowest BCUT2D eigenvalue weighted by Crippen LogP contribution is -2.33. The summed E-state index contributed by atoms with van der Waals surface area (Å²) in [5.74, 6) is 0.207. The third-order valence-corrected chi connectivity index (χ3v) is 2.79. The molecule has 116 valence electrons. The van der Waals surface area contributed by atoms with E-state index in [4.69, 9.17) is 10.5 Å². The Morgan fingerprint density at radius 2 is 1.95 bits per heavy atom. The summed E-state index contributed by atoms with van der Waals surface area (Å²) in [6.45, 7) is 5.17. The highest BCUT2D eigenvalue weighted by atomic mass is 16.5. The first-order chi connectivity index (χ1) is 9.71. The number of nitrogens with two attached hydrogens (primary N) is 1. The van der Waals surface area contributed by atoms with Crippen LogP contribution < -0.4 is 21.1 Å². The summed E-state index contributed by atoms with van der Waals surface area (Å²) in [5.41, 5.74) is 6.58. The standard InChI is InChI=1S/C15H23N3O3/c1-10(19)17-11-5-6-13(21-4)12(9-11)18-14(20)7-8-15(2,3)16/h5-6,9H,7-8,16H2,1-4H3,(H,17,19)(H,18,20). The van der Waals surface area contributed by atoms with Gasteiger partial charge < -0.3 is 21.1 Å². The Balaban J connectivity index is 2.79. The highest BCUT2D eigenvalue weighted by Crippen LogP contribution is 2.28. The van der Waals surface area contributed by atoms with Gasteiger partial charge in [0.05, 0.1) is 12.8 Å². The van der Waals surface area contributed by atoms with Crippen molar-refractivity contribution < 1.29 is 14.3 Å². The lowest BCUT2D eigenvalue weighted by molar-refractivity contribution is -0.116. The monoisotopic (exact) mass is 293 g/mol. The maximum Gasteiger partial charge on any atom is 0.224 e. The van der Waals surface area contributed by atoms with Crippen LogP contribution in [0.5, 0.6) is 5.75 Å². The summed E-state index contributed by atoms with van der Waals surface area (Å²) in [6.07, 6.45) is 0.892. The number of amides is 2. The zero-order chi connectivity index (χ0) is 16.0. The average molecular weight is 293 g/mol. The summed E-state index contributed by atoms with van der Waals surface area (Å²) in [7, 11) is 1.52. The molecule has 0 aliphatic rings. The molecular weight excluding hydrogens is 270 g/mol. The zero-order valence-corrected chi connectivity index (χ0v) is 12.9. The Hall–Kier alpha value is -2.08. The largest absolute Gasteiger partial charge is 0.495 e. The number of carbonyl (C=O) groups excluding carboxylic acids is 2. The molecule has 0 spiro atoms. The molecule has 21 heavy (non-hydrogen) atoms. The summed E-state index contributed by atoms with van der Waals surface area (Å²) in [5, 5.41) is 5.44. The molecule has 0 aliphatic carbocycles. The molecule has 1 aromatic rings. The number of anilines is 2. The van der Waals surface area contributed by atoms with Crippen molar-refractivity contribution in [3.8, 4) is 5.75 Å². The van der Waals surface area contributed by atoms with Gasteiger partial charge in [-0.3, -0.25) is 9.59 Å². The van der Waals surface area contributed by atoms with Crippen molar-refractivity contribution in [3.05, 3.63) is 18.2 Å². The third-order valence-electron chi connectivity index (χ3n) is 2.79. The van der Waals surface area contributed by atoms with E-state index in [2.05, 4.69) is 10.6 Å². The first-order valence-electron chi connectivity index (χ1n) is 6.75. The van der Waals surface area contributed by atoms with Gasteiger partial charge in [-0.15, -0.1) is 0 Å². The van der Waals surface area contributed by atoms with Crippen LogP contribution >= 0.6 is 0 Å². The Morgan fingerprint density at radius 3 is 2.48 bits per heavy atom. The van der Waals surface area contributed by atoms with E-state index in [0.717, 1.165) is 0 Å². The molecule has 0 saturated carbocycles. The van der Waals surface area contributed by atoms with Crippen LogP contribution in [0.3, 0.4) is 0 Å². The first kappa shape index (κ1) is 17.0. The molecule has 1 aromatic carbocycles. The Kier molecular flexibility index (Phi) is 5.72. The topological polar surface area (TPSA) is 93.5 Å². The van der Waals surface area contributed by atoms with Gasteiger partial charge in [-0.05, 0) is 38.5 Å². The third kappa shape index (κ3) is 6.27. The van der Waals surface area contributed by atoms with Crippen molar-refractivity contribution >= 4 is 23.2 Å². The fraction of sp³-hybridized carbons (Fsp3) is 0.467. The van der Waals surface area contributed by atoms with Crippen LogP contribution in [-0.4, -0.2) is 24.5 Å². The van der Waals surface area contributed by atoms with E-state index >= 15 is 0 Å². The first-order valence-corrected chi connectivity index (χ1v) is 6.75. The average Bonchev–Trinajstić information content (AvgIpc) is 2.35. The predicted octanol–water partition coefficient (Wildman–Crippen LogP) is 2.11. The normalized spacial score (nSPS) is 10.9. The van der Waals surface area contributed by atoms with Gasteiger partial charge in [-0.2, -0.15) is 0 Å². The van der Waals surface area contributed by atoms with Crippen LogP contribution in [0.2, 0.25) is 0 Å². The summed E-state index contributed by atoms with van der Waals surface area (Å²) >= 11 is 0. The number of nitrogens with one attached hydrogen (secondary N) is 2. The molecule has 0 fully saturated rings. The SMILES string of the molecule is COc1ccc(NC(C)=O)cc1NC(=O)CCC(C)(C)N. The minimum Gasteiger partial charge on any atom is -0.495 e. The maximum atomic E-state index is 12.0. The lowest BCUT2D eigenvalue weighted by atomic mass is 10.00. The number of ether oxygens (including phenoxy) is 1. The smallest absolute Gasteiger partial charge is 0.224 e. The number of hydrogen-bond acceptors (Lipinski definition) is 4. The van der Waals surface area contributed by atoms with Crippen molar-refractivity contribution in [2.45, 2.75) is 39.2 Å². The summed E-state index contributed by atoms with van der Waals surface area (Å²) in [6, 6.07) is 5.05. The molecule has 0 unspecified atom stereocenters. The van der Waals surface area contributed by atoms with Crippen molar-refractivity contribution in [3.63, 3.8) is 0 Å². The highest BCUT2D eigenvalue weighted by Gasteiger charge is 2.15. The quantitative estimate of drug-likeness (QED) is 0.749. The lowest BCUT2D eigenvalue weighted by Gasteiger charge is -2.18. The molecule has 2 amide bonds. The molecule has 0 saturated heterocycles. The minimum atomic E-state index is -0.389. The van der Waals surface area contributed by atoms with E-state index in [0.29, 0.717) is 30.0 Å². The van der Waals surface area contributed by atoms with Gasteiger partial charge in [0.25, 0.3) is 0 Å². The second kappa shape index (κ2) is 7.08. The molecule has 0 aliphatic heterocycles. The van der Waals surface area contributed by atoms with Gasteiger partial charge in [0, 0.05) is 24.6 Å². The Labute approximate surface area is 125 Å². The molecule has 6 nitrogen and oxygen atoms in total. The summed E-state index contributed by atoms with van der Waals surface area (Å²) in [4.78, 5) is 23.0. The van der Waals surface area contributed by atoms with Gasteiger partial charge >= 0.3 is 0 Å². The van der Waals surface area contributed by atoms with Crippen LogP contribution in [-0.2, 0) is 9.59 Å². The molecular formula is C15H23N3O3. The Bertz CT molecular complexity index is 521. The Morgan fingerprint density at radius 1 is 1.29 bits per heavy atom. The van der Waals surface area contributed by atoms with Gasteiger partial charge in [0.15, 0.2) is 0 Å². The second-order valence-electron chi connectivity index (χ2n) is 5.63. The van der Waals surface area contributed by atoms with Gasteiger partial charge in [0.2, 0.25) is 11.8 Å². The van der Waals surface area contributed by atoms with Gasteiger partial charge in [-0.25, -0.2) is 0 Å². The van der Waals surface area contributed by atoms with Crippen LogP contribution in [0.1, 0.15) is 33.6 Å². The van der Waals surface area contributed by atoms with E-state index in [9.17, 15) is 9.59 Å². The van der Waals surface area contributed by atoms with E-state index < -0.39 is 0 Å². The number of rotatable bonds is 6. The molecule has 0 heterocycles. The van der Waals surface area contributed by atoms with E-state index in [1.165, 1.54) is 14.0 Å². The van der Waals surface area contributed by atoms with Crippen molar-refractivity contribution in [2.24, 2.45) is 5.73 Å². The number of benzene rings is 1. The van der Waals surface area contributed by atoms with Gasteiger partial charge in [0.1, 0.15) is 5.75 Å². The van der Waals surface area contributed by atoms with E-state index in [-0.39, 0.29) is 17.4 Å². The molecule has 0 atom stereocenters. The van der Waals surface area contributed by atoms with E-state index in [1.807, 2.05) is 13.8 Å². The highest BCUT2D eigenvalue weighted by molar-refractivity contribution is 5.94. The van der Waals surface area contributed by atoms with Crippen molar-refractivity contribution in [1.82, 2.24) is 0 Å². The van der Waals surface area contributed by atoms with Crippen LogP contribution in [0.25, 0.3) is 0 Å². The second-order valence-corrected chi connectivity index (χ2v) is 5.63. The number of hydrogen-bond donors (Lipinski definition) is 3. The molecule has 6 heteroatoms. The molecule has 4 N–H and O–H groups in total. The number of carbonyl (C=O) groups is 2. The van der Waals surface area contributed by atoms with Gasteiger partial charge in [-0.1, -0.05) is 0 Å². The van der Waals surface area contributed by atoms with E-state index in [1.54, 1.807) is 18.2 Å². The van der Waals surface area contributed by atoms with Crippen molar-refractivity contribution in [1.29, 1.82) is 0 Å². The van der Waals surface area contributed by atoms with Crippen LogP contribution in [0.15, 0.2) is 18.2 Å². The molecule has 0 bridgehead atoms. The fourth-order valence-electron chi connectivity index (χ4n) is 1.74. The van der Waals surface area contributed by atoms with Crippen LogP contribution in [0.4, 0.5) is 11.4 Å². The minimum absolute atomic E-state index is 0.146. The molecule has 0 aromatic heterocycles.